The largest absolute Gasteiger partial charge is 0.299 e. The predicted octanol–water partition coefficient (Wildman–Crippen LogP) is 5.96. The summed E-state index contributed by atoms with van der Waals surface area (Å²) in [5, 5.41) is 1.93. The van der Waals surface area contributed by atoms with Gasteiger partial charge in [-0.15, -0.1) is 11.3 Å². The van der Waals surface area contributed by atoms with Crippen molar-refractivity contribution in [3.05, 3.63) is 112 Å². The molecule has 1 saturated carbocycles. The van der Waals surface area contributed by atoms with Crippen LogP contribution in [0.5, 0.6) is 0 Å². The van der Waals surface area contributed by atoms with Crippen molar-refractivity contribution in [2.24, 2.45) is 11.8 Å². The average molecular weight is 438 g/mol. The molecule has 3 aliphatic rings. The molecule has 0 N–H and O–H groups in total. The molecule has 0 saturated heterocycles. The third-order valence-electron chi connectivity index (χ3n) is 6.29. The molecule has 3 nitrogen and oxygen atoms in total. The van der Waals surface area contributed by atoms with E-state index in [-0.39, 0.29) is 29.8 Å². The standard InChI is InChI=1S/C25H20O2.C3H3NS/c26-20-14-18-10-11-22-21-9-5-4-8-17(21)13-19(12-16-6-2-1-3-7-16)24(22)25(18)23(27)15-20;1-2-5-3-4-1/h1-12,24-25H,13-15H2;1-3H. The van der Waals surface area contributed by atoms with E-state index >= 15 is 0 Å². The highest BCUT2D eigenvalue weighted by molar-refractivity contribution is 7.07. The van der Waals surface area contributed by atoms with E-state index in [4.69, 9.17) is 0 Å². The SMILES string of the molecule is O=C1CC(=O)C2C(=CC=C3c4ccccc4CC(=Cc4ccccc4)C32)C1.c1cscn1. The van der Waals surface area contributed by atoms with Crippen LogP contribution in [0, 0.1) is 11.8 Å². The fraction of sp³-hybridized carbons (Fsp3) is 0.179. The molecule has 0 amide bonds. The molecule has 32 heavy (non-hydrogen) atoms. The Hall–Kier alpha value is -3.37. The lowest BCUT2D eigenvalue weighted by atomic mass is 9.62. The maximum atomic E-state index is 12.9. The average Bonchev–Trinajstić information content (AvgIpc) is 3.39. The smallest absolute Gasteiger partial charge is 0.148 e. The molecule has 6 rings (SSSR count). The Morgan fingerprint density at radius 2 is 1.69 bits per heavy atom. The van der Waals surface area contributed by atoms with Crippen LogP contribution in [0.2, 0.25) is 0 Å². The molecule has 4 heteroatoms. The number of rotatable bonds is 1. The van der Waals surface area contributed by atoms with Crippen molar-refractivity contribution in [2.75, 3.05) is 0 Å². The number of Topliss-reactive ketones (excluding diaryl/α,β-unsaturated/α-hetero) is 2. The molecule has 2 aromatic carbocycles. The molecule has 1 fully saturated rings. The number of carbonyl (C=O) groups excluding carboxylic acids is 2. The predicted molar refractivity (Wildman–Crippen MR) is 129 cm³/mol. The summed E-state index contributed by atoms with van der Waals surface area (Å²) in [6.07, 6.45) is 9.50. The van der Waals surface area contributed by atoms with Crippen LogP contribution < -0.4 is 0 Å². The van der Waals surface area contributed by atoms with Gasteiger partial charge in [-0.05, 0) is 28.7 Å². The molecule has 2 unspecified atom stereocenters. The lowest BCUT2D eigenvalue weighted by Crippen LogP contribution is -2.37. The van der Waals surface area contributed by atoms with Crippen LogP contribution in [0.15, 0.2) is 95.0 Å². The minimum Gasteiger partial charge on any atom is -0.299 e. The van der Waals surface area contributed by atoms with Crippen molar-refractivity contribution >= 4 is 34.6 Å². The molecule has 3 aromatic rings. The van der Waals surface area contributed by atoms with Crippen LogP contribution in [0.1, 0.15) is 29.5 Å². The maximum absolute atomic E-state index is 12.9. The van der Waals surface area contributed by atoms with Crippen molar-refractivity contribution in [3.63, 3.8) is 0 Å². The van der Waals surface area contributed by atoms with Crippen LogP contribution in [0.25, 0.3) is 11.6 Å². The number of aromatic nitrogens is 1. The molecule has 1 heterocycles. The van der Waals surface area contributed by atoms with Crippen molar-refractivity contribution < 1.29 is 9.59 Å². The van der Waals surface area contributed by atoms with Crippen LogP contribution in [-0.2, 0) is 16.0 Å². The van der Waals surface area contributed by atoms with Gasteiger partial charge in [-0.2, -0.15) is 0 Å². The third kappa shape index (κ3) is 4.06. The number of carbonyl (C=O) groups is 2. The Morgan fingerprint density at radius 1 is 0.875 bits per heavy atom. The van der Waals surface area contributed by atoms with Gasteiger partial charge < -0.3 is 0 Å². The first-order valence-electron chi connectivity index (χ1n) is 10.8. The first-order valence-corrected chi connectivity index (χ1v) is 11.8. The lowest BCUT2D eigenvalue weighted by molar-refractivity contribution is -0.131. The van der Waals surface area contributed by atoms with E-state index in [9.17, 15) is 9.59 Å². The van der Waals surface area contributed by atoms with Crippen LogP contribution >= 0.6 is 11.3 Å². The van der Waals surface area contributed by atoms with Gasteiger partial charge in [0.25, 0.3) is 0 Å². The molecule has 0 spiro atoms. The summed E-state index contributed by atoms with van der Waals surface area (Å²) in [6.45, 7) is 0. The number of fused-ring (bicyclic) bond motifs is 5. The topological polar surface area (TPSA) is 47.0 Å². The molecule has 0 radical (unpaired) electrons. The maximum Gasteiger partial charge on any atom is 0.148 e. The highest BCUT2D eigenvalue weighted by Gasteiger charge is 2.43. The van der Waals surface area contributed by atoms with Crippen molar-refractivity contribution in [1.29, 1.82) is 0 Å². The summed E-state index contributed by atoms with van der Waals surface area (Å²) in [4.78, 5) is 28.6. The van der Waals surface area contributed by atoms with E-state index < -0.39 is 0 Å². The molecular formula is C28H23NO2S. The minimum absolute atomic E-state index is 0.0423. The molecule has 0 aliphatic heterocycles. The van der Waals surface area contributed by atoms with E-state index in [1.807, 2.05) is 29.7 Å². The number of nitrogens with zero attached hydrogens (tertiary/aromatic N) is 1. The van der Waals surface area contributed by atoms with Crippen LogP contribution in [0.4, 0.5) is 0 Å². The summed E-state index contributed by atoms with van der Waals surface area (Å²) in [5.74, 6) is -0.0256. The van der Waals surface area contributed by atoms with E-state index in [1.165, 1.54) is 22.3 Å². The van der Waals surface area contributed by atoms with Crippen molar-refractivity contribution in [1.82, 2.24) is 4.98 Å². The quantitative estimate of drug-likeness (QED) is 0.442. The van der Waals surface area contributed by atoms with E-state index in [0.717, 1.165) is 17.6 Å². The zero-order valence-corrected chi connectivity index (χ0v) is 18.4. The number of thiazole rings is 1. The Bertz CT molecular complexity index is 1220. The zero-order valence-electron chi connectivity index (χ0n) is 17.6. The normalized spacial score (nSPS) is 22.6. The van der Waals surface area contributed by atoms with Crippen LogP contribution in [-0.4, -0.2) is 16.6 Å². The monoisotopic (exact) mass is 437 g/mol. The number of allylic oxidation sites excluding steroid dienone is 5. The first kappa shape index (κ1) is 20.5. The van der Waals surface area contributed by atoms with Gasteiger partial charge in [0.15, 0.2) is 0 Å². The highest BCUT2D eigenvalue weighted by atomic mass is 32.1. The fourth-order valence-electron chi connectivity index (χ4n) is 4.99. The molecular weight excluding hydrogens is 414 g/mol. The fourth-order valence-corrected chi connectivity index (χ4v) is 5.34. The van der Waals surface area contributed by atoms with E-state index in [2.05, 4.69) is 53.5 Å². The Kier molecular flexibility index (Phi) is 5.78. The summed E-state index contributed by atoms with van der Waals surface area (Å²) >= 11 is 1.60. The van der Waals surface area contributed by atoms with Gasteiger partial charge in [-0.1, -0.05) is 84.0 Å². The summed E-state index contributed by atoms with van der Waals surface area (Å²) < 4.78 is 0. The van der Waals surface area contributed by atoms with Crippen LogP contribution in [0.3, 0.4) is 0 Å². The summed E-state index contributed by atoms with van der Waals surface area (Å²) in [7, 11) is 0. The van der Waals surface area contributed by atoms with Gasteiger partial charge in [0, 0.05) is 23.9 Å². The molecule has 158 valence electrons. The van der Waals surface area contributed by atoms with Gasteiger partial charge in [0.05, 0.1) is 17.8 Å². The lowest BCUT2D eigenvalue weighted by Gasteiger charge is -2.40. The van der Waals surface area contributed by atoms with Gasteiger partial charge in [0.2, 0.25) is 0 Å². The van der Waals surface area contributed by atoms with E-state index in [0.29, 0.717) is 6.42 Å². The second-order valence-corrected chi connectivity index (χ2v) is 9.07. The van der Waals surface area contributed by atoms with Gasteiger partial charge >= 0.3 is 0 Å². The Labute approximate surface area is 191 Å². The molecule has 0 bridgehead atoms. The number of ketones is 2. The van der Waals surface area contributed by atoms with Gasteiger partial charge in [-0.25, -0.2) is 0 Å². The summed E-state index contributed by atoms with van der Waals surface area (Å²) in [5.41, 5.74) is 8.97. The zero-order chi connectivity index (χ0) is 21.9. The Morgan fingerprint density at radius 3 is 2.44 bits per heavy atom. The third-order valence-corrected chi connectivity index (χ3v) is 6.81. The van der Waals surface area contributed by atoms with Gasteiger partial charge in [0.1, 0.15) is 11.6 Å². The highest BCUT2D eigenvalue weighted by Crippen LogP contribution is 2.49. The number of hydrogen-bond acceptors (Lipinski definition) is 4. The van der Waals surface area contributed by atoms with Crippen molar-refractivity contribution in [3.8, 4) is 0 Å². The molecule has 3 aliphatic carbocycles. The Balaban J connectivity index is 0.000000383. The van der Waals surface area contributed by atoms with E-state index in [1.54, 1.807) is 23.0 Å². The number of benzene rings is 2. The molecule has 2 atom stereocenters. The first-order chi connectivity index (χ1) is 15.7. The second kappa shape index (κ2) is 9.01. The molecule has 1 aromatic heterocycles. The van der Waals surface area contributed by atoms with Crippen molar-refractivity contribution in [2.45, 2.75) is 19.3 Å². The second-order valence-electron chi connectivity index (χ2n) is 8.32. The summed E-state index contributed by atoms with van der Waals surface area (Å²) in [6, 6.07) is 18.8. The minimum atomic E-state index is -0.189. The van der Waals surface area contributed by atoms with Gasteiger partial charge in [-0.3, -0.25) is 14.6 Å². The number of hydrogen-bond donors (Lipinski definition) is 0.